The third-order valence-corrected chi connectivity index (χ3v) is 3.79. The van der Waals surface area contributed by atoms with Crippen LogP contribution in [0.2, 0.25) is 0 Å². The maximum atomic E-state index is 11.1. The molecule has 0 aliphatic carbocycles. The van der Waals surface area contributed by atoms with Crippen molar-refractivity contribution in [3.63, 3.8) is 0 Å². The molecule has 0 radical (unpaired) electrons. The van der Waals surface area contributed by atoms with Crippen molar-refractivity contribution in [3.05, 3.63) is 0 Å². The first kappa shape index (κ1) is 11.3. The number of guanidine groups is 1. The molecule has 0 aromatic carbocycles. The van der Waals surface area contributed by atoms with Crippen molar-refractivity contribution in [2.45, 2.75) is 19.4 Å². The summed E-state index contributed by atoms with van der Waals surface area (Å²) in [5.74, 6) is 6.07. The van der Waals surface area contributed by atoms with Gasteiger partial charge in [-0.3, -0.25) is 10.4 Å². The summed E-state index contributed by atoms with van der Waals surface area (Å²) in [4.78, 5) is 4.03. The molecule has 1 fully saturated rings. The van der Waals surface area contributed by atoms with Gasteiger partial charge in [0.25, 0.3) is 0 Å². The minimum absolute atomic E-state index is 0.0682. The first-order valence-electron chi connectivity index (χ1n) is 4.55. The van der Waals surface area contributed by atoms with E-state index in [1.165, 1.54) is 0 Å². The van der Waals surface area contributed by atoms with Crippen LogP contribution >= 0.6 is 0 Å². The van der Waals surface area contributed by atoms with E-state index in [4.69, 9.17) is 5.84 Å². The molecule has 0 spiro atoms. The van der Waals surface area contributed by atoms with E-state index in [1.54, 1.807) is 0 Å². The number of nitrogens with one attached hydrogen (secondary N) is 2. The molecule has 1 unspecified atom stereocenters. The summed E-state index contributed by atoms with van der Waals surface area (Å²) in [6, 6.07) is -0.0682. The van der Waals surface area contributed by atoms with E-state index in [0.29, 0.717) is 18.9 Å². The van der Waals surface area contributed by atoms with Crippen LogP contribution in [0.3, 0.4) is 0 Å². The topological polar surface area (TPSA) is 96.6 Å². The molecule has 82 valence electrons. The highest BCUT2D eigenvalue weighted by atomic mass is 32.2. The van der Waals surface area contributed by atoms with Gasteiger partial charge in [-0.1, -0.05) is 0 Å². The molecule has 4 N–H and O–H groups in total. The van der Waals surface area contributed by atoms with Crippen LogP contribution in [0.15, 0.2) is 4.99 Å². The van der Waals surface area contributed by atoms with Gasteiger partial charge < -0.3 is 5.32 Å². The highest BCUT2D eigenvalue weighted by Crippen LogP contribution is 2.10. The van der Waals surface area contributed by atoms with E-state index in [1.807, 2.05) is 6.92 Å². The number of hydrogen-bond acceptors (Lipinski definition) is 4. The van der Waals surface area contributed by atoms with E-state index in [9.17, 15) is 8.42 Å². The Bertz CT molecular complexity index is 312. The SMILES string of the molecule is CCN=C(NN)NC1CCS(=O)(=O)C1. The summed E-state index contributed by atoms with van der Waals surface area (Å²) in [5.41, 5.74) is 2.40. The molecule has 1 aliphatic heterocycles. The predicted octanol–water partition coefficient (Wildman–Crippen LogP) is -1.40. The molecule has 0 aromatic rings. The van der Waals surface area contributed by atoms with Crippen LogP contribution in [-0.4, -0.2) is 38.5 Å². The van der Waals surface area contributed by atoms with Crippen LogP contribution in [-0.2, 0) is 9.84 Å². The quantitative estimate of drug-likeness (QED) is 0.230. The van der Waals surface area contributed by atoms with Crippen molar-refractivity contribution < 1.29 is 8.42 Å². The Morgan fingerprint density at radius 2 is 2.36 bits per heavy atom. The Balaban J connectivity index is 2.50. The second-order valence-corrected chi connectivity index (χ2v) is 5.44. The molecule has 0 aromatic heterocycles. The van der Waals surface area contributed by atoms with Gasteiger partial charge in [0.2, 0.25) is 5.96 Å². The number of sulfone groups is 1. The molecule has 0 saturated carbocycles. The fourth-order valence-corrected chi connectivity index (χ4v) is 3.07. The number of hydrogen-bond donors (Lipinski definition) is 3. The summed E-state index contributed by atoms with van der Waals surface area (Å²) >= 11 is 0. The van der Waals surface area contributed by atoms with E-state index in [0.717, 1.165) is 0 Å². The fraction of sp³-hybridized carbons (Fsp3) is 0.857. The normalized spacial score (nSPS) is 26.1. The van der Waals surface area contributed by atoms with Crippen LogP contribution in [0.1, 0.15) is 13.3 Å². The van der Waals surface area contributed by atoms with Crippen molar-refractivity contribution in [3.8, 4) is 0 Å². The lowest BCUT2D eigenvalue weighted by Crippen LogP contribution is -2.46. The predicted molar refractivity (Wildman–Crippen MR) is 55.5 cm³/mol. The fourth-order valence-electron chi connectivity index (χ4n) is 1.39. The molecule has 14 heavy (non-hydrogen) atoms. The molecule has 0 amide bonds. The van der Waals surface area contributed by atoms with Crippen molar-refractivity contribution in [2.24, 2.45) is 10.8 Å². The molecule has 0 bridgehead atoms. The van der Waals surface area contributed by atoms with Crippen LogP contribution in [0.5, 0.6) is 0 Å². The lowest BCUT2D eigenvalue weighted by atomic mass is 10.3. The molecular weight excluding hydrogens is 204 g/mol. The Kier molecular flexibility index (Phi) is 3.70. The van der Waals surface area contributed by atoms with Crippen LogP contribution < -0.4 is 16.6 Å². The van der Waals surface area contributed by atoms with Gasteiger partial charge in [-0.25, -0.2) is 14.3 Å². The van der Waals surface area contributed by atoms with Gasteiger partial charge in [-0.05, 0) is 13.3 Å². The van der Waals surface area contributed by atoms with Gasteiger partial charge in [0.1, 0.15) is 0 Å². The van der Waals surface area contributed by atoms with Crippen LogP contribution in [0.4, 0.5) is 0 Å². The zero-order valence-electron chi connectivity index (χ0n) is 8.16. The third kappa shape index (κ3) is 3.15. The zero-order valence-corrected chi connectivity index (χ0v) is 8.97. The molecule has 6 nitrogen and oxygen atoms in total. The standard InChI is InChI=1S/C7H16N4O2S/c1-2-9-7(11-8)10-6-3-4-14(12,13)5-6/h6H,2-5,8H2,1H3,(H2,9,10,11). The number of hydrazine groups is 1. The summed E-state index contributed by atoms with van der Waals surface area (Å²) in [7, 11) is -2.85. The monoisotopic (exact) mass is 220 g/mol. The average molecular weight is 220 g/mol. The van der Waals surface area contributed by atoms with Crippen molar-refractivity contribution in [2.75, 3.05) is 18.1 Å². The van der Waals surface area contributed by atoms with Gasteiger partial charge in [0.05, 0.1) is 11.5 Å². The molecule has 1 saturated heterocycles. The molecule has 1 atom stereocenters. The third-order valence-electron chi connectivity index (χ3n) is 2.03. The summed E-state index contributed by atoms with van der Waals surface area (Å²) in [6.07, 6.45) is 0.618. The molecule has 1 rings (SSSR count). The molecule has 1 aliphatic rings. The minimum Gasteiger partial charge on any atom is -0.352 e. The van der Waals surface area contributed by atoms with E-state index in [-0.39, 0.29) is 17.5 Å². The zero-order chi connectivity index (χ0) is 10.6. The Hall–Kier alpha value is -0.820. The number of aliphatic imine (C=N–C) groups is 1. The first-order chi connectivity index (χ1) is 6.57. The van der Waals surface area contributed by atoms with Crippen molar-refractivity contribution in [1.29, 1.82) is 0 Å². The number of nitrogens with two attached hydrogens (primary N) is 1. The van der Waals surface area contributed by atoms with E-state index in [2.05, 4.69) is 15.7 Å². The average Bonchev–Trinajstić information content (AvgIpc) is 2.45. The highest BCUT2D eigenvalue weighted by molar-refractivity contribution is 7.91. The van der Waals surface area contributed by atoms with Gasteiger partial charge in [-0.2, -0.15) is 0 Å². The Morgan fingerprint density at radius 1 is 1.64 bits per heavy atom. The molecular formula is C7H16N4O2S. The van der Waals surface area contributed by atoms with Gasteiger partial charge >= 0.3 is 0 Å². The van der Waals surface area contributed by atoms with Crippen molar-refractivity contribution >= 4 is 15.8 Å². The van der Waals surface area contributed by atoms with Crippen LogP contribution in [0, 0.1) is 0 Å². The van der Waals surface area contributed by atoms with Crippen LogP contribution in [0.25, 0.3) is 0 Å². The first-order valence-corrected chi connectivity index (χ1v) is 6.37. The van der Waals surface area contributed by atoms with E-state index < -0.39 is 9.84 Å². The minimum atomic E-state index is -2.85. The van der Waals surface area contributed by atoms with E-state index >= 15 is 0 Å². The number of rotatable bonds is 2. The van der Waals surface area contributed by atoms with Gasteiger partial charge in [0.15, 0.2) is 9.84 Å². The van der Waals surface area contributed by atoms with Gasteiger partial charge in [0, 0.05) is 12.6 Å². The van der Waals surface area contributed by atoms with Crippen molar-refractivity contribution in [1.82, 2.24) is 10.7 Å². The maximum Gasteiger partial charge on any atom is 0.205 e. The summed E-state index contributed by atoms with van der Waals surface area (Å²) < 4.78 is 22.3. The Morgan fingerprint density at radius 3 is 2.79 bits per heavy atom. The lowest BCUT2D eigenvalue weighted by molar-refractivity contribution is 0.599. The maximum absolute atomic E-state index is 11.1. The summed E-state index contributed by atoms with van der Waals surface area (Å²) in [6.45, 7) is 2.48. The largest absolute Gasteiger partial charge is 0.352 e. The molecule has 1 heterocycles. The summed E-state index contributed by atoms with van der Waals surface area (Å²) in [5, 5.41) is 2.96. The lowest BCUT2D eigenvalue weighted by Gasteiger charge is -2.13. The smallest absolute Gasteiger partial charge is 0.205 e. The second-order valence-electron chi connectivity index (χ2n) is 3.21. The Labute approximate surface area is 83.9 Å². The van der Waals surface area contributed by atoms with Gasteiger partial charge in [-0.15, -0.1) is 0 Å². The number of nitrogens with zero attached hydrogens (tertiary/aromatic N) is 1. The highest BCUT2D eigenvalue weighted by Gasteiger charge is 2.28. The second kappa shape index (κ2) is 4.61. The molecule has 7 heteroatoms.